The summed E-state index contributed by atoms with van der Waals surface area (Å²) in [6.07, 6.45) is 1.58. The fraction of sp³-hybridized carbons (Fsp3) is 0.417. The first-order valence-electron chi connectivity index (χ1n) is 5.21. The van der Waals surface area contributed by atoms with Crippen molar-refractivity contribution in [1.82, 2.24) is 0 Å². The fourth-order valence-corrected chi connectivity index (χ4v) is 2.09. The monoisotopic (exact) mass is 226 g/mol. The van der Waals surface area contributed by atoms with Gasteiger partial charge in [0.1, 0.15) is 6.42 Å². The van der Waals surface area contributed by atoms with Gasteiger partial charge in [-0.2, -0.15) is 0 Å². The molecule has 4 heteroatoms. The Morgan fingerprint density at radius 2 is 2.00 bits per heavy atom. The maximum atomic E-state index is 13.5. The Balaban J connectivity index is 2.30. The number of carbonyl (C=O) groups is 1. The molecule has 86 valence electrons. The summed E-state index contributed by atoms with van der Waals surface area (Å²) in [6, 6.07) is 4.48. The van der Waals surface area contributed by atoms with Crippen LogP contribution in [0.25, 0.3) is 0 Å². The molecule has 0 amide bonds. The fourth-order valence-electron chi connectivity index (χ4n) is 2.09. The molecule has 1 aliphatic rings. The highest BCUT2D eigenvalue weighted by Crippen LogP contribution is 2.34. The van der Waals surface area contributed by atoms with Crippen molar-refractivity contribution in [2.45, 2.75) is 31.6 Å². The van der Waals surface area contributed by atoms with Crippen molar-refractivity contribution >= 4 is 5.97 Å². The lowest BCUT2D eigenvalue weighted by Crippen LogP contribution is -2.18. The zero-order valence-electron chi connectivity index (χ0n) is 8.67. The van der Waals surface area contributed by atoms with E-state index in [2.05, 4.69) is 0 Å². The van der Waals surface area contributed by atoms with E-state index in [1.165, 1.54) is 12.1 Å². The highest BCUT2D eigenvalue weighted by molar-refractivity contribution is 5.68. The molecular formula is C12H12F2O2. The largest absolute Gasteiger partial charge is 0.481 e. The predicted molar refractivity (Wildman–Crippen MR) is 54.6 cm³/mol. The van der Waals surface area contributed by atoms with E-state index in [4.69, 9.17) is 5.11 Å². The van der Waals surface area contributed by atoms with Crippen LogP contribution in [-0.2, 0) is 23.6 Å². The Bertz CT molecular complexity index is 427. The van der Waals surface area contributed by atoms with Crippen LogP contribution in [0.3, 0.4) is 0 Å². The second-order valence-corrected chi connectivity index (χ2v) is 4.11. The van der Waals surface area contributed by atoms with Gasteiger partial charge in [0.25, 0.3) is 5.92 Å². The number of carboxylic acids is 1. The molecule has 0 spiro atoms. The second kappa shape index (κ2) is 3.85. The molecule has 1 N–H and O–H groups in total. The molecule has 0 atom stereocenters. The molecule has 2 rings (SSSR count). The quantitative estimate of drug-likeness (QED) is 0.860. The average Bonchev–Trinajstić information content (AvgIpc) is 2.61. The first-order valence-corrected chi connectivity index (χ1v) is 5.21. The van der Waals surface area contributed by atoms with Gasteiger partial charge in [-0.05, 0) is 36.5 Å². The Hall–Kier alpha value is -1.45. The molecule has 1 aliphatic carbocycles. The summed E-state index contributed by atoms with van der Waals surface area (Å²) in [6.45, 7) is 0. The zero-order chi connectivity index (χ0) is 11.8. The molecule has 1 aromatic carbocycles. The molecule has 0 radical (unpaired) electrons. The van der Waals surface area contributed by atoms with Gasteiger partial charge in [-0.15, -0.1) is 0 Å². The van der Waals surface area contributed by atoms with E-state index in [-0.39, 0.29) is 5.56 Å². The molecule has 0 heterocycles. The number of halogens is 2. The van der Waals surface area contributed by atoms with Crippen molar-refractivity contribution < 1.29 is 18.7 Å². The third-order valence-corrected chi connectivity index (χ3v) is 2.89. The Morgan fingerprint density at radius 1 is 1.31 bits per heavy atom. The number of hydrogen-bond acceptors (Lipinski definition) is 1. The van der Waals surface area contributed by atoms with Crippen LogP contribution in [0.5, 0.6) is 0 Å². The van der Waals surface area contributed by atoms with Gasteiger partial charge in [-0.1, -0.05) is 12.1 Å². The van der Waals surface area contributed by atoms with Crippen LogP contribution in [0, 0.1) is 0 Å². The third-order valence-electron chi connectivity index (χ3n) is 2.89. The number of benzene rings is 1. The van der Waals surface area contributed by atoms with Gasteiger partial charge >= 0.3 is 5.97 Å². The van der Waals surface area contributed by atoms with E-state index in [0.29, 0.717) is 0 Å². The lowest BCUT2D eigenvalue weighted by molar-refractivity contribution is -0.145. The van der Waals surface area contributed by atoms with E-state index in [9.17, 15) is 13.6 Å². The van der Waals surface area contributed by atoms with E-state index >= 15 is 0 Å². The van der Waals surface area contributed by atoms with Crippen molar-refractivity contribution in [3.8, 4) is 0 Å². The average molecular weight is 226 g/mol. The van der Waals surface area contributed by atoms with Crippen LogP contribution in [0.4, 0.5) is 8.78 Å². The van der Waals surface area contributed by atoms with Crippen LogP contribution in [0.15, 0.2) is 18.2 Å². The molecule has 0 saturated carbocycles. The second-order valence-electron chi connectivity index (χ2n) is 4.11. The number of aryl methyl sites for hydroxylation is 2. The number of fused-ring (bicyclic) bond motifs is 1. The van der Waals surface area contributed by atoms with Gasteiger partial charge in [-0.3, -0.25) is 4.79 Å². The number of aliphatic carboxylic acids is 1. The molecule has 0 aromatic heterocycles. The summed E-state index contributed by atoms with van der Waals surface area (Å²) >= 11 is 0. The SMILES string of the molecule is O=C(O)CC(F)(F)c1ccc2c(c1)CCC2. The minimum atomic E-state index is -3.27. The topological polar surface area (TPSA) is 37.3 Å². The predicted octanol–water partition coefficient (Wildman–Crippen LogP) is 2.74. The van der Waals surface area contributed by atoms with E-state index < -0.39 is 18.3 Å². The van der Waals surface area contributed by atoms with Crippen LogP contribution in [-0.4, -0.2) is 11.1 Å². The van der Waals surface area contributed by atoms with Crippen molar-refractivity contribution in [2.75, 3.05) is 0 Å². The van der Waals surface area contributed by atoms with E-state index in [0.717, 1.165) is 30.4 Å². The van der Waals surface area contributed by atoms with Gasteiger partial charge in [-0.25, -0.2) is 8.78 Å². The molecule has 0 fully saturated rings. The van der Waals surface area contributed by atoms with Gasteiger partial charge in [0.2, 0.25) is 0 Å². The van der Waals surface area contributed by atoms with Crippen LogP contribution < -0.4 is 0 Å². The first-order chi connectivity index (χ1) is 7.49. The summed E-state index contributed by atoms with van der Waals surface area (Å²) < 4.78 is 27.0. The molecule has 2 nitrogen and oxygen atoms in total. The van der Waals surface area contributed by atoms with E-state index in [1.54, 1.807) is 6.07 Å². The van der Waals surface area contributed by atoms with Gasteiger partial charge < -0.3 is 5.11 Å². The maximum Gasteiger partial charge on any atom is 0.309 e. The van der Waals surface area contributed by atoms with Crippen molar-refractivity contribution in [2.24, 2.45) is 0 Å². The number of hydrogen-bond donors (Lipinski definition) is 1. The molecule has 0 saturated heterocycles. The molecular weight excluding hydrogens is 214 g/mol. The number of alkyl halides is 2. The Kier molecular flexibility index (Phi) is 2.66. The maximum absolute atomic E-state index is 13.5. The highest BCUT2D eigenvalue weighted by Gasteiger charge is 2.35. The first kappa shape index (κ1) is 11.0. The standard InChI is InChI=1S/C12H12F2O2/c13-12(14,7-11(15)16)10-5-4-8-2-1-3-9(8)6-10/h4-6H,1-3,7H2,(H,15,16). The van der Waals surface area contributed by atoms with Crippen molar-refractivity contribution in [3.63, 3.8) is 0 Å². The number of carboxylic acid groups (broad SMARTS) is 1. The number of rotatable bonds is 3. The molecule has 0 bridgehead atoms. The lowest BCUT2D eigenvalue weighted by Gasteiger charge is -2.15. The third kappa shape index (κ3) is 2.05. The van der Waals surface area contributed by atoms with Crippen LogP contribution in [0.2, 0.25) is 0 Å². The lowest BCUT2D eigenvalue weighted by atomic mass is 10.0. The summed E-state index contributed by atoms with van der Waals surface area (Å²) in [4.78, 5) is 10.3. The summed E-state index contributed by atoms with van der Waals surface area (Å²) in [5.74, 6) is -4.76. The van der Waals surface area contributed by atoms with E-state index in [1.807, 2.05) is 0 Å². The smallest absolute Gasteiger partial charge is 0.309 e. The minimum absolute atomic E-state index is 0.185. The minimum Gasteiger partial charge on any atom is -0.481 e. The zero-order valence-corrected chi connectivity index (χ0v) is 8.67. The molecule has 16 heavy (non-hydrogen) atoms. The van der Waals surface area contributed by atoms with Gasteiger partial charge in [0.15, 0.2) is 0 Å². The normalized spacial score (nSPS) is 14.9. The van der Waals surface area contributed by atoms with Crippen LogP contribution in [0.1, 0.15) is 29.5 Å². The van der Waals surface area contributed by atoms with Gasteiger partial charge in [0.05, 0.1) is 0 Å². The van der Waals surface area contributed by atoms with Crippen molar-refractivity contribution in [3.05, 3.63) is 34.9 Å². The van der Waals surface area contributed by atoms with Gasteiger partial charge in [0, 0.05) is 5.56 Å². The summed E-state index contributed by atoms with van der Waals surface area (Å²) in [7, 11) is 0. The summed E-state index contributed by atoms with van der Waals surface area (Å²) in [5.41, 5.74) is 1.85. The van der Waals surface area contributed by atoms with Crippen LogP contribution >= 0.6 is 0 Å². The Labute approximate surface area is 91.9 Å². The highest BCUT2D eigenvalue weighted by atomic mass is 19.3. The summed E-state index contributed by atoms with van der Waals surface area (Å²) in [5, 5.41) is 8.42. The molecule has 0 aliphatic heterocycles. The molecule has 1 aromatic rings. The van der Waals surface area contributed by atoms with Crippen molar-refractivity contribution in [1.29, 1.82) is 0 Å². The Morgan fingerprint density at radius 3 is 2.69 bits per heavy atom. The molecule has 0 unspecified atom stereocenters.